The van der Waals surface area contributed by atoms with Crippen molar-refractivity contribution in [2.24, 2.45) is 5.73 Å². The van der Waals surface area contributed by atoms with E-state index in [1.54, 1.807) is 13.0 Å². The summed E-state index contributed by atoms with van der Waals surface area (Å²) in [6.07, 6.45) is 1.02. The van der Waals surface area contributed by atoms with Gasteiger partial charge in [-0.05, 0) is 19.4 Å². The molecule has 0 radical (unpaired) electrons. The van der Waals surface area contributed by atoms with Crippen LogP contribution in [0.2, 0.25) is 0 Å². The highest BCUT2D eigenvalue weighted by atomic mass is 35.5. The standard InChI is InChI=1S/C12H18N2O3.ClH/c1-8-11(12(15)16-2)5-10(17-8)7-14-4-3-9(13)6-14;/h5,9H,3-4,6-7,13H2,1-2H3;1H/t9-;/m0./s1. The van der Waals surface area contributed by atoms with Gasteiger partial charge in [0.2, 0.25) is 0 Å². The van der Waals surface area contributed by atoms with Crippen molar-refractivity contribution in [2.45, 2.75) is 25.9 Å². The van der Waals surface area contributed by atoms with Crippen LogP contribution in [-0.2, 0) is 11.3 Å². The summed E-state index contributed by atoms with van der Waals surface area (Å²) in [6.45, 7) is 4.33. The van der Waals surface area contributed by atoms with Gasteiger partial charge in [0, 0.05) is 19.1 Å². The Labute approximate surface area is 113 Å². The fraction of sp³-hybridized carbons (Fsp3) is 0.583. The summed E-state index contributed by atoms with van der Waals surface area (Å²) >= 11 is 0. The maximum absolute atomic E-state index is 11.4. The Morgan fingerprint density at radius 1 is 1.67 bits per heavy atom. The lowest BCUT2D eigenvalue weighted by Crippen LogP contribution is -2.26. The lowest BCUT2D eigenvalue weighted by molar-refractivity contribution is 0.0599. The molecule has 1 saturated heterocycles. The quantitative estimate of drug-likeness (QED) is 0.842. The molecule has 1 aromatic rings. The van der Waals surface area contributed by atoms with Crippen LogP contribution in [-0.4, -0.2) is 37.1 Å². The SMILES string of the molecule is COC(=O)c1cc(CN2CC[C@H](N)C2)oc1C.Cl. The highest BCUT2D eigenvalue weighted by molar-refractivity contribution is 5.90. The first kappa shape index (κ1) is 15.0. The Morgan fingerprint density at radius 3 is 2.94 bits per heavy atom. The minimum absolute atomic E-state index is 0. The van der Waals surface area contributed by atoms with E-state index in [1.165, 1.54) is 7.11 Å². The Hall–Kier alpha value is -1.04. The van der Waals surface area contributed by atoms with Crippen molar-refractivity contribution in [3.05, 3.63) is 23.2 Å². The van der Waals surface area contributed by atoms with Crippen LogP contribution >= 0.6 is 12.4 Å². The van der Waals surface area contributed by atoms with Gasteiger partial charge in [-0.25, -0.2) is 4.79 Å². The first-order valence-electron chi connectivity index (χ1n) is 5.75. The lowest BCUT2D eigenvalue weighted by Gasteiger charge is -2.12. The van der Waals surface area contributed by atoms with Crippen LogP contribution in [0, 0.1) is 6.92 Å². The fourth-order valence-corrected chi connectivity index (χ4v) is 2.16. The molecule has 2 N–H and O–H groups in total. The van der Waals surface area contributed by atoms with Crippen molar-refractivity contribution in [1.82, 2.24) is 4.90 Å². The van der Waals surface area contributed by atoms with Gasteiger partial charge >= 0.3 is 5.97 Å². The Balaban J connectivity index is 0.00000162. The zero-order chi connectivity index (χ0) is 12.4. The van der Waals surface area contributed by atoms with Crippen molar-refractivity contribution in [2.75, 3.05) is 20.2 Å². The molecule has 0 saturated carbocycles. The van der Waals surface area contributed by atoms with Gasteiger partial charge in [-0.2, -0.15) is 0 Å². The number of likely N-dealkylation sites (tertiary alicyclic amines) is 1. The van der Waals surface area contributed by atoms with Gasteiger partial charge in [-0.15, -0.1) is 12.4 Å². The number of nitrogens with two attached hydrogens (primary N) is 1. The predicted molar refractivity (Wildman–Crippen MR) is 69.9 cm³/mol. The number of halogens is 1. The monoisotopic (exact) mass is 274 g/mol. The molecule has 1 aliphatic rings. The van der Waals surface area contributed by atoms with Gasteiger partial charge < -0.3 is 14.9 Å². The second-order valence-electron chi connectivity index (χ2n) is 4.46. The van der Waals surface area contributed by atoms with E-state index in [9.17, 15) is 4.79 Å². The van der Waals surface area contributed by atoms with Crippen molar-refractivity contribution >= 4 is 18.4 Å². The molecule has 102 valence electrons. The lowest BCUT2D eigenvalue weighted by atomic mass is 10.2. The van der Waals surface area contributed by atoms with Crippen LogP contribution in [0.3, 0.4) is 0 Å². The van der Waals surface area contributed by atoms with Crippen molar-refractivity contribution in [3.8, 4) is 0 Å². The summed E-state index contributed by atoms with van der Waals surface area (Å²) in [6, 6.07) is 2.01. The molecule has 1 aromatic heterocycles. The molecule has 0 bridgehead atoms. The fourth-order valence-electron chi connectivity index (χ4n) is 2.16. The topological polar surface area (TPSA) is 68.7 Å². The van der Waals surface area contributed by atoms with Crippen molar-refractivity contribution in [1.29, 1.82) is 0 Å². The average Bonchev–Trinajstić information content (AvgIpc) is 2.85. The Kier molecular flexibility index (Phi) is 5.19. The molecule has 0 amide bonds. The third-order valence-electron chi connectivity index (χ3n) is 3.06. The van der Waals surface area contributed by atoms with E-state index >= 15 is 0 Å². The molecule has 0 spiro atoms. The maximum atomic E-state index is 11.4. The van der Waals surface area contributed by atoms with Crippen LogP contribution in [0.1, 0.15) is 28.3 Å². The van der Waals surface area contributed by atoms with Crippen LogP contribution < -0.4 is 5.73 Å². The summed E-state index contributed by atoms with van der Waals surface area (Å²) in [5, 5.41) is 0. The average molecular weight is 275 g/mol. The number of nitrogens with zero attached hydrogens (tertiary/aromatic N) is 1. The van der Waals surface area contributed by atoms with E-state index in [4.69, 9.17) is 10.2 Å². The molecule has 0 aliphatic carbocycles. The first-order valence-corrected chi connectivity index (χ1v) is 5.75. The number of furan rings is 1. The van der Waals surface area contributed by atoms with Gasteiger partial charge in [0.05, 0.1) is 13.7 Å². The number of esters is 1. The van der Waals surface area contributed by atoms with E-state index < -0.39 is 0 Å². The molecule has 0 unspecified atom stereocenters. The van der Waals surface area contributed by atoms with Crippen LogP contribution in [0.15, 0.2) is 10.5 Å². The van der Waals surface area contributed by atoms with Gasteiger partial charge in [0.15, 0.2) is 0 Å². The molecule has 6 heteroatoms. The molecule has 1 fully saturated rings. The summed E-state index contributed by atoms with van der Waals surface area (Å²) in [5.74, 6) is 1.04. The summed E-state index contributed by atoms with van der Waals surface area (Å²) in [4.78, 5) is 13.6. The molecular formula is C12H19ClN2O3. The molecule has 1 aliphatic heterocycles. The largest absolute Gasteiger partial charge is 0.465 e. The zero-order valence-electron chi connectivity index (χ0n) is 10.6. The number of hydrogen-bond acceptors (Lipinski definition) is 5. The minimum Gasteiger partial charge on any atom is -0.465 e. The number of hydrogen-bond donors (Lipinski definition) is 1. The second-order valence-corrected chi connectivity index (χ2v) is 4.46. The highest BCUT2D eigenvalue weighted by Gasteiger charge is 2.22. The third kappa shape index (κ3) is 3.25. The van der Waals surface area contributed by atoms with E-state index in [-0.39, 0.29) is 24.4 Å². The summed E-state index contributed by atoms with van der Waals surface area (Å²) < 4.78 is 10.2. The van der Waals surface area contributed by atoms with E-state index in [2.05, 4.69) is 9.64 Å². The van der Waals surface area contributed by atoms with Crippen LogP contribution in [0.25, 0.3) is 0 Å². The second kappa shape index (κ2) is 6.22. The smallest absolute Gasteiger partial charge is 0.341 e. The number of aryl methyl sites for hydroxylation is 1. The molecule has 2 rings (SSSR count). The first-order chi connectivity index (χ1) is 8.10. The number of carbonyl (C=O) groups is 1. The van der Waals surface area contributed by atoms with Gasteiger partial charge in [0.25, 0.3) is 0 Å². The van der Waals surface area contributed by atoms with Gasteiger partial charge in [0.1, 0.15) is 17.1 Å². The molecule has 0 aromatic carbocycles. The molecule has 18 heavy (non-hydrogen) atoms. The summed E-state index contributed by atoms with van der Waals surface area (Å²) in [7, 11) is 1.37. The number of rotatable bonds is 3. The van der Waals surface area contributed by atoms with Crippen molar-refractivity contribution < 1.29 is 13.9 Å². The van der Waals surface area contributed by atoms with Gasteiger partial charge in [-0.1, -0.05) is 0 Å². The molecule has 5 nitrogen and oxygen atoms in total. The van der Waals surface area contributed by atoms with E-state index in [0.29, 0.717) is 17.9 Å². The molecule has 1 atom stereocenters. The Morgan fingerprint density at radius 2 is 2.39 bits per heavy atom. The Bertz CT molecular complexity index is 419. The van der Waals surface area contributed by atoms with Crippen LogP contribution in [0.4, 0.5) is 0 Å². The number of ether oxygens (including phenoxy) is 1. The normalized spacial score (nSPS) is 19.6. The van der Waals surface area contributed by atoms with E-state index in [0.717, 1.165) is 25.3 Å². The van der Waals surface area contributed by atoms with E-state index in [1.807, 2.05) is 0 Å². The van der Waals surface area contributed by atoms with Gasteiger partial charge in [-0.3, -0.25) is 4.90 Å². The minimum atomic E-state index is -0.351. The highest BCUT2D eigenvalue weighted by Crippen LogP contribution is 2.19. The number of carbonyl (C=O) groups excluding carboxylic acids is 1. The zero-order valence-corrected chi connectivity index (χ0v) is 11.5. The molecular weight excluding hydrogens is 256 g/mol. The third-order valence-corrected chi connectivity index (χ3v) is 3.06. The maximum Gasteiger partial charge on any atom is 0.341 e. The number of methoxy groups -OCH3 is 1. The van der Waals surface area contributed by atoms with Crippen molar-refractivity contribution in [3.63, 3.8) is 0 Å². The summed E-state index contributed by atoms with van der Waals surface area (Å²) in [5.41, 5.74) is 6.34. The van der Waals surface area contributed by atoms with Crippen LogP contribution in [0.5, 0.6) is 0 Å². The predicted octanol–water partition coefficient (Wildman–Crippen LogP) is 1.33. The molecule has 2 heterocycles.